The van der Waals surface area contributed by atoms with E-state index in [0.717, 1.165) is 25.3 Å². The number of hydrogen-bond donors (Lipinski definition) is 1. The van der Waals surface area contributed by atoms with E-state index in [-0.39, 0.29) is 27.7 Å². The fraction of sp³-hybridized carbons (Fsp3) is 0.261. The number of amides is 1. The molecule has 0 unspecified atom stereocenters. The van der Waals surface area contributed by atoms with E-state index in [1.807, 2.05) is 6.07 Å². The fourth-order valence-electron chi connectivity index (χ4n) is 3.79. The molecule has 1 aromatic heterocycles. The maximum absolute atomic E-state index is 13.2. The normalized spacial score (nSPS) is 14.5. The number of nitrogens with one attached hydrogen (secondary N) is 1. The Morgan fingerprint density at radius 1 is 1.06 bits per heavy atom. The van der Waals surface area contributed by atoms with Crippen molar-refractivity contribution in [3.63, 3.8) is 0 Å². The molecule has 0 bridgehead atoms. The van der Waals surface area contributed by atoms with Crippen LogP contribution < -0.4 is 10.1 Å². The lowest BCUT2D eigenvalue weighted by molar-refractivity contribution is -0.384. The molecule has 1 saturated heterocycles. The number of para-hydroxylation sites is 1. The van der Waals surface area contributed by atoms with Crippen LogP contribution in [-0.4, -0.2) is 41.2 Å². The largest absolute Gasteiger partial charge is 0.455 e. The molecule has 1 amide bonds. The summed E-state index contributed by atoms with van der Waals surface area (Å²) in [5.41, 5.74) is -0.0488. The molecule has 0 radical (unpaired) electrons. The first kappa shape index (κ1) is 23.5. The van der Waals surface area contributed by atoms with Crippen LogP contribution in [0.15, 0.2) is 65.7 Å². The molecule has 3 aromatic rings. The van der Waals surface area contributed by atoms with Crippen LogP contribution in [0.1, 0.15) is 29.8 Å². The van der Waals surface area contributed by atoms with Crippen molar-refractivity contribution >= 4 is 27.3 Å². The van der Waals surface area contributed by atoms with Gasteiger partial charge in [-0.3, -0.25) is 14.9 Å². The average molecular weight is 485 g/mol. The Bertz CT molecular complexity index is 1310. The van der Waals surface area contributed by atoms with Crippen LogP contribution in [0.4, 0.5) is 11.4 Å². The Balaban J connectivity index is 1.70. The second kappa shape index (κ2) is 9.65. The van der Waals surface area contributed by atoms with Crippen LogP contribution in [0.5, 0.6) is 11.5 Å². The molecule has 34 heavy (non-hydrogen) atoms. The Kier molecular flexibility index (Phi) is 6.66. The Morgan fingerprint density at radius 2 is 1.76 bits per heavy atom. The molecule has 11 heteroatoms. The number of benzene rings is 2. The molecule has 1 aliphatic rings. The van der Waals surface area contributed by atoms with Gasteiger partial charge in [-0.25, -0.2) is 8.42 Å². The molecule has 0 spiro atoms. The lowest BCUT2D eigenvalue weighted by Crippen LogP contribution is -2.35. The number of piperidine rings is 1. The van der Waals surface area contributed by atoms with Crippen molar-refractivity contribution in [1.29, 1.82) is 0 Å². The number of anilines is 1. The molecule has 1 fully saturated rings. The summed E-state index contributed by atoms with van der Waals surface area (Å²) in [6.45, 7) is 0.888. The third-order valence-electron chi connectivity index (χ3n) is 5.56. The van der Waals surface area contributed by atoms with Gasteiger partial charge in [-0.15, -0.1) is 0 Å². The number of carbonyl (C=O) groups excluding carboxylic acids is 1. The number of hydrogen-bond acceptors (Lipinski definition) is 6. The van der Waals surface area contributed by atoms with Crippen LogP contribution in [0.3, 0.4) is 0 Å². The minimum absolute atomic E-state index is 0.0305. The zero-order valence-electron chi connectivity index (χ0n) is 18.5. The second-order valence-electron chi connectivity index (χ2n) is 7.94. The number of ether oxygens (including phenoxy) is 1. The van der Waals surface area contributed by atoms with E-state index in [1.54, 1.807) is 24.3 Å². The molecule has 2 heterocycles. The van der Waals surface area contributed by atoms with Crippen molar-refractivity contribution in [3.05, 3.63) is 76.6 Å². The molecule has 0 saturated carbocycles. The first-order valence-electron chi connectivity index (χ1n) is 10.7. The molecule has 178 valence electrons. The van der Waals surface area contributed by atoms with Crippen molar-refractivity contribution < 1.29 is 22.9 Å². The summed E-state index contributed by atoms with van der Waals surface area (Å²) in [5, 5.41) is 13.7. The van der Waals surface area contributed by atoms with Crippen LogP contribution in [0.25, 0.3) is 0 Å². The van der Waals surface area contributed by atoms with Crippen molar-refractivity contribution in [3.8, 4) is 11.5 Å². The summed E-state index contributed by atoms with van der Waals surface area (Å²) in [6.07, 6.45) is 3.81. The predicted octanol–water partition coefficient (Wildman–Crippen LogP) is 4.15. The van der Waals surface area contributed by atoms with Gasteiger partial charge in [-0.05, 0) is 43.2 Å². The minimum Gasteiger partial charge on any atom is -0.455 e. The Labute approximate surface area is 197 Å². The van der Waals surface area contributed by atoms with Crippen molar-refractivity contribution in [1.82, 2.24) is 8.87 Å². The van der Waals surface area contributed by atoms with Crippen LogP contribution in [0, 0.1) is 10.1 Å². The molecular formula is C23H24N4O6S. The first-order valence-corrected chi connectivity index (χ1v) is 12.2. The topological polar surface area (TPSA) is 124 Å². The predicted molar refractivity (Wildman–Crippen MR) is 126 cm³/mol. The number of aromatic nitrogens is 1. The quantitative estimate of drug-likeness (QED) is 0.397. The minimum atomic E-state index is -3.76. The number of carbonyl (C=O) groups is 1. The smallest absolute Gasteiger partial charge is 0.287 e. The highest BCUT2D eigenvalue weighted by atomic mass is 32.2. The molecule has 0 aliphatic carbocycles. The van der Waals surface area contributed by atoms with Gasteiger partial charge in [-0.2, -0.15) is 4.31 Å². The number of nitrogens with zero attached hydrogens (tertiary/aromatic N) is 3. The second-order valence-corrected chi connectivity index (χ2v) is 9.88. The van der Waals surface area contributed by atoms with Gasteiger partial charge >= 0.3 is 0 Å². The van der Waals surface area contributed by atoms with Gasteiger partial charge in [0.1, 0.15) is 11.4 Å². The van der Waals surface area contributed by atoms with E-state index in [2.05, 4.69) is 5.32 Å². The van der Waals surface area contributed by atoms with Gasteiger partial charge < -0.3 is 14.6 Å². The van der Waals surface area contributed by atoms with E-state index in [1.165, 1.54) is 40.3 Å². The van der Waals surface area contributed by atoms with Crippen LogP contribution in [-0.2, 0) is 17.1 Å². The van der Waals surface area contributed by atoms with Gasteiger partial charge in [0.15, 0.2) is 5.75 Å². The lowest BCUT2D eigenvalue weighted by Gasteiger charge is -2.26. The van der Waals surface area contributed by atoms with Crippen LogP contribution >= 0.6 is 0 Å². The highest BCUT2D eigenvalue weighted by Gasteiger charge is 2.27. The van der Waals surface area contributed by atoms with Crippen LogP contribution in [0.2, 0.25) is 0 Å². The molecular weight excluding hydrogens is 460 g/mol. The van der Waals surface area contributed by atoms with Crippen molar-refractivity contribution in [2.75, 3.05) is 18.4 Å². The first-order chi connectivity index (χ1) is 16.3. The van der Waals surface area contributed by atoms with Crippen molar-refractivity contribution in [2.24, 2.45) is 7.05 Å². The third-order valence-corrected chi connectivity index (χ3v) is 7.45. The SMILES string of the molecule is Cn1cc([N+](=O)[O-])cc1C(=O)Nc1cc(S(=O)(=O)N2CCCCC2)ccc1Oc1ccccc1. The summed E-state index contributed by atoms with van der Waals surface area (Å²) >= 11 is 0. The van der Waals surface area contributed by atoms with Gasteiger partial charge in [-0.1, -0.05) is 24.6 Å². The van der Waals surface area contributed by atoms with Gasteiger partial charge in [0.05, 0.1) is 21.7 Å². The summed E-state index contributed by atoms with van der Waals surface area (Å²) in [4.78, 5) is 23.5. The molecule has 0 atom stereocenters. The summed E-state index contributed by atoms with van der Waals surface area (Å²) in [7, 11) is -2.24. The molecule has 1 aliphatic heterocycles. The average Bonchev–Trinajstić information content (AvgIpc) is 3.23. The van der Waals surface area contributed by atoms with E-state index < -0.39 is 20.9 Å². The standard InChI is InChI=1S/C23H24N4O6S/c1-25-16-17(27(29)30)14-21(25)23(28)24-20-15-19(34(31,32)26-12-6-3-7-13-26)10-11-22(20)33-18-8-4-2-5-9-18/h2,4-5,8-11,14-16H,3,6-7,12-13H2,1H3,(H,24,28). The highest BCUT2D eigenvalue weighted by molar-refractivity contribution is 7.89. The zero-order chi connectivity index (χ0) is 24.3. The van der Waals surface area contributed by atoms with Crippen molar-refractivity contribution in [2.45, 2.75) is 24.2 Å². The van der Waals surface area contributed by atoms with E-state index in [0.29, 0.717) is 18.8 Å². The van der Waals surface area contributed by atoms with Gasteiger partial charge in [0, 0.05) is 26.2 Å². The molecule has 1 N–H and O–H groups in total. The summed E-state index contributed by atoms with van der Waals surface area (Å²) < 4.78 is 35.0. The Hall–Kier alpha value is -3.70. The molecule has 2 aromatic carbocycles. The van der Waals surface area contributed by atoms with Gasteiger partial charge in [0.25, 0.3) is 11.6 Å². The van der Waals surface area contributed by atoms with Gasteiger partial charge in [0.2, 0.25) is 10.0 Å². The van der Waals surface area contributed by atoms with E-state index >= 15 is 0 Å². The number of nitro groups is 1. The lowest BCUT2D eigenvalue weighted by atomic mass is 10.2. The highest BCUT2D eigenvalue weighted by Crippen LogP contribution is 2.34. The third kappa shape index (κ3) is 4.95. The number of sulfonamides is 1. The maximum Gasteiger partial charge on any atom is 0.287 e. The number of rotatable bonds is 7. The zero-order valence-corrected chi connectivity index (χ0v) is 19.3. The monoisotopic (exact) mass is 484 g/mol. The van der Waals surface area contributed by atoms with E-state index in [4.69, 9.17) is 4.74 Å². The Morgan fingerprint density at radius 3 is 2.41 bits per heavy atom. The fourth-order valence-corrected chi connectivity index (χ4v) is 5.33. The molecule has 4 rings (SSSR count). The summed E-state index contributed by atoms with van der Waals surface area (Å²) in [5.74, 6) is 0.0982. The maximum atomic E-state index is 13.2. The number of aryl methyl sites for hydroxylation is 1. The molecule has 10 nitrogen and oxygen atoms in total. The summed E-state index contributed by atoms with van der Waals surface area (Å²) in [6, 6.07) is 14.3. The van der Waals surface area contributed by atoms with E-state index in [9.17, 15) is 23.3 Å².